The van der Waals surface area contributed by atoms with Crippen LogP contribution in [0.2, 0.25) is 0 Å². The third kappa shape index (κ3) is 7.49. The first-order valence-corrected chi connectivity index (χ1v) is 19.4. The number of para-hydroxylation sites is 1. The van der Waals surface area contributed by atoms with Crippen LogP contribution in [0.1, 0.15) is 29.7 Å². The zero-order valence-corrected chi connectivity index (χ0v) is 31.8. The Morgan fingerprint density at radius 1 is 0.544 bits per heavy atom. The van der Waals surface area contributed by atoms with Gasteiger partial charge in [-0.25, -0.2) is 9.97 Å². The van der Waals surface area contributed by atoms with E-state index in [1.54, 1.807) is 6.92 Å². The zero-order chi connectivity index (χ0) is 38.6. The third-order valence-electron chi connectivity index (χ3n) is 10.4. The summed E-state index contributed by atoms with van der Waals surface area (Å²) < 4.78 is 2.41. The second kappa shape index (κ2) is 15.9. The van der Waals surface area contributed by atoms with Gasteiger partial charge in [-0.15, -0.1) is 0 Å². The molecule has 2 N–H and O–H groups in total. The normalized spacial score (nSPS) is 13.2. The van der Waals surface area contributed by atoms with Gasteiger partial charge < -0.3 is 19.8 Å². The maximum atomic E-state index is 10.7. The number of aromatic amines is 1. The first kappa shape index (κ1) is 35.6. The van der Waals surface area contributed by atoms with Gasteiger partial charge in [-0.2, -0.15) is 0 Å². The number of H-pyrrole nitrogens is 1. The average molecular weight is 743 g/mol. The van der Waals surface area contributed by atoms with E-state index < -0.39 is 0 Å². The molecule has 3 aromatic heterocycles. The molecule has 3 aliphatic rings. The second-order valence-corrected chi connectivity index (χ2v) is 14.2. The molecule has 0 radical (unpaired) electrons. The highest BCUT2D eigenvalue weighted by Gasteiger charge is 2.25. The predicted octanol–water partition coefficient (Wildman–Crippen LogP) is 10.6. The Bertz CT molecular complexity index is 2780. The van der Waals surface area contributed by atoms with Crippen LogP contribution in [0.15, 0.2) is 152 Å². The molecule has 0 atom stereocenters. The summed E-state index contributed by atoms with van der Waals surface area (Å²) in [5.74, 6) is 0.191. The van der Waals surface area contributed by atoms with Crippen molar-refractivity contribution in [1.82, 2.24) is 29.7 Å². The van der Waals surface area contributed by atoms with E-state index in [0.717, 1.165) is 110 Å². The van der Waals surface area contributed by atoms with Gasteiger partial charge in [0.25, 0.3) is 0 Å². The minimum atomic E-state index is 0.191. The predicted molar refractivity (Wildman–Crippen MR) is 235 cm³/mol. The summed E-state index contributed by atoms with van der Waals surface area (Å²) in [6, 6.07) is 53.3. The number of nitrogens with zero attached hydrogens (tertiary/aromatic N) is 4. The number of hydrogen-bond donors (Lipinski definition) is 2. The van der Waals surface area contributed by atoms with Crippen LogP contribution in [0.25, 0.3) is 85.4 Å². The number of amides is 1. The molecule has 1 amide bonds. The Morgan fingerprint density at radius 2 is 1.04 bits per heavy atom. The minimum Gasteiger partial charge on any atom is -0.355 e. The molecule has 57 heavy (non-hydrogen) atoms. The van der Waals surface area contributed by atoms with Gasteiger partial charge in [-0.1, -0.05) is 109 Å². The quantitative estimate of drug-likeness (QED) is 0.188. The van der Waals surface area contributed by atoms with Gasteiger partial charge in [0.05, 0.1) is 33.8 Å². The second-order valence-electron chi connectivity index (χ2n) is 14.2. The molecule has 0 saturated carbocycles. The molecule has 7 aromatic rings. The number of benzene rings is 4. The van der Waals surface area contributed by atoms with Crippen molar-refractivity contribution in [1.29, 1.82) is 0 Å². The average Bonchev–Trinajstić information content (AvgIpc) is 4.08. The number of nitrogens with one attached hydrogen (secondary N) is 2. The number of rotatable bonds is 4. The van der Waals surface area contributed by atoms with Crippen LogP contribution < -0.4 is 5.32 Å². The Morgan fingerprint density at radius 3 is 1.60 bits per heavy atom. The molecule has 1 fully saturated rings. The molecular weight excluding hydrogens is 701 g/mol. The van der Waals surface area contributed by atoms with E-state index in [9.17, 15) is 4.79 Å². The standard InChI is InChI=1S/C44H30N4.C6H12N2O/c1-5-13-30(14-6-1)41-39-26-25-36(47-39)28-35-22-21-33(45-35)27-34-23-24-37(46-34)29-40-42(31-15-7-2-8-16-31)43(32-17-9-3-10-18-32)44(41)48(40)38-19-11-4-12-20-38;1-6(9)8-4-2-7-3-5-8/h1-29,45H;7H,2-5H2,1H3. The van der Waals surface area contributed by atoms with Gasteiger partial charge in [0.1, 0.15) is 0 Å². The Hall–Kier alpha value is -7.09. The fourth-order valence-electron chi connectivity index (χ4n) is 7.79. The molecule has 278 valence electrons. The summed E-state index contributed by atoms with van der Waals surface area (Å²) in [4.78, 5) is 26.5. The smallest absolute Gasteiger partial charge is 0.219 e. The summed E-state index contributed by atoms with van der Waals surface area (Å²) in [5.41, 5.74) is 15.4. The Balaban J connectivity index is 0.000000417. The van der Waals surface area contributed by atoms with E-state index in [0.29, 0.717) is 0 Å². The lowest BCUT2D eigenvalue weighted by Crippen LogP contribution is -2.45. The number of fused-ring (bicyclic) bond motifs is 8. The molecule has 8 bridgehead atoms. The highest BCUT2D eigenvalue weighted by atomic mass is 16.2. The molecule has 1 saturated heterocycles. The fraction of sp³-hybridized carbons (Fsp3) is 0.100. The van der Waals surface area contributed by atoms with E-state index in [-0.39, 0.29) is 5.91 Å². The lowest BCUT2D eigenvalue weighted by molar-refractivity contribution is -0.129. The monoisotopic (exact) mass is 742 g/mol. The van der Waals surface area contributed by atoms with Gasteiger partial charge in [0, 0.05) is 66.5 Å². The van der Waals surface area contributed by atoms with Gasteiger partial charge in [0.2, 0.25) is 5.91 Å². The van der Waals surface area contributed by atoms with Crippen LogP contribution in [0.4, 0.5) is 0 Å². The topological polar surface area (TPSA) is 78.8 Å². The van der Waals surface area contributed by atoms with Crippen LogP contribution in [0.5, 0.6) is 0 Å². The molecule has 0 spiro atoms. The molecule has 0 aliphatic carbocycles. The number of carbonyl (C=O) groups excluding carboxylic acids is 1. The Kier molecular flexibility index (Phi) is 9.96. The van der Waals surface area contributed by atoms with E-state index in [2.05, 4.69) is 191 Å². The van der Waals surface area contributed by atoms with Crippen molar-refractivity contribution >= 4 is 52.3 Å². The molecular formula is C50H42N6O. The lowest BCUT2D eigenvalue weighted by Gasteiger charge is -2.25. The van der Waals surface area contributed by atoms with E-state index >= 15 is 0 Å². The van der Waals surface area contributed by atoms with Crippen molar-refractivity contribution in [2.75, 3.05) is 26.2 Å². The Labute approximate surface area is 332 Å². The molecule has 3 aliphatic heterocycles. The lowest BCUT2D eigenvalue weighted by atomic mass is 9.93. The number of aromatic nitrogens is 4. The highest BCUT2D eigenvalue weighted by molar-refractivity contribution is 6.10. The van der Waals surface area contributed by atoms with Crippen molar-refractivity contribution in [3.05, 3.63) is 174 Å². The fourth-order valence-corrected chi connectivity index (χ4v) is 7.79. The number of piperazine rings is 1. The maximum absolute atomic E-state index is 10.7. The van der Waals surface area contributed by atoms with Crippen LogP contribution in [0.3, 0.4) is 0 Å². The van der Waals surface area contributed by atoms with Gasteiger partial charge >= 0.3 is 0 Å². The van der Waals surface area contributed by atoms with E-state index in [1.807, 2.05) is 4.90 Å². The summed E-state index contributed by atoms with van der Waals surface area (Å²) in [6.07, 6.45) is 8.44. The molecule has 4 aromatic carbocycles. The van der Waals surface area contributed by atoms with E-state index in [4.69, 9.17) is 9.97 Å². The number of hydrogen-bond acceptors (Lipinski definition) is 4. The zero-order valence-electron chi connectivity index (χ0n) is 31.8. The number of carbonyl (C=O) groups is 1. The van der Waals surface area contributed by atoms with E-state index in [1.165, 1.54) is 0 Å². The first-order valence-electron chi connectivity index (χ1n) is 19.4. The molecule has 7 nitrogen and oxygen atoms in total. The van der Waals surface area contributed by atoms with Crippen LogP contribution >= 0.6 is 0 Å². The van der Waals surface area contributed by atoms with Crippen LogP contribution in [-0.2, 0) is 4.79 Å². The van der Waals surface area contributed by atoms with Crippen LogP contribution in [0, 0.1) is 0 Å². The van der Waals surface area contributed by atoms with Crippen molar-refractivity contribution in [2.24, 2.45) is 0 Å². The van der Waals surface area contributed by atoms with Gasteiger partial charge in [-0.3, -0.25) is 4.79 Å². The largest absolute Gasteiger partial charge is 0.355 e. The van der Waals surface area contributed by atoms with Gasteiger partial charge in [-0.05, 0) is 83.5 Å². The molecule has 0 unspecified atom stereocenters. The maximum Gasteiger partial charge on any atom is 0.219 e. The summed E-state index contributed by atoms with van der Waals surface area (Å²) >= 11 is 0. The van der Waals surface area contributed by atoms with Crippen molar-refractivity contribution in [3.8, 4) is 39.1 Å². The summed E-state index contributed by atoms with van der Waals surface area (Å²) in [5, 5.41) is 3.18. The van der Waals surface area contributed by atoms with Crippen molar-refractivity contribution in [3.63, 3.8) is 0 Å². The summed E-state index contributed by atoms with van der Waals surface area (Å²) in [6.45, 7) is 5.25. The third-order valence-corrected chi connectivity index (χ3v) is 10.4. The SMILES string of the molecule is C1=Cc2cc3c(-c4ccccc4)c(-c4ccccc4)c(c(-c4ccccc4)c4nc(cc5ccc(cc1n2)[nH]5)C=C4)n3-c1ccccc1.CC(=O)N1CCNCC1. The highest BCUT2D eigenvalue weighted by Crippen LogP contribution is 2.47. The molecule has 6 heterocycles. The van der Waals surface area contributed by atoms with Crippen molar-refractivity contribution < 1.29 is 4.79 Å². The minimum absolute atomic E-state index is 0.191. The van der Waals surface area contributed by atoms with Gasteiger partial charge in [0.15, 0.2) is 0 Å². The summed E-state index contributed by atoms with van der Waals surface area (Å²) in [7, 11) is 0. The molecule has 7 heteroatoms. The first-order chi connectivity index (χ1) is 28.1. The van der Waals surface area contributed by atoms with Crippen LogP contribution in [-0.4, -0.2) is 56.5 Å². The van der Waals surface area contributed by atoms with Crippen molar-refractivity contribution in [2.45, 2.75) is 6.92 Å². The molecule has 10 rings (SSSR count).